The molecule has 1 N–H and O–H groups in total. The summed E-state index contributed by atoms with van der Waals surface area (Å²) >= 11 is 0. The Labute approximate surface area is 164 Å². The lowest BCUT2D eigenvalue weighted by atomic mass is 9.65. The Bertz CT molecular complexity index is 1010. The predicted molar refractivity (Wildman–Crippen MR) is 107 cm³/mol. The zero-order chi connectivity index (χ0) is 19.1. The van der Waals surface area contributed by atoms with Gasteiger partial charge in [0.05, 0.1) is 6.20 Å². The molecule has 2 aliphatic rings. The Hall–Kier alpha value is -2.66. The summed E-state index contributed by atoms with van der Waals surface area (Å²) in [5, 5.41) is 7.30. The lowest BCUT2D eigenvalue weighted by Gasteiger charge is -2.43. The molecular weight excluding hydrogens is 350 g/mol. The molecule has 0 saturated carbocycles. The van der Waals surface area contributed by atoms with E-state index in [0.29, 0.717) is 5.78 Å². The van der Waals surface area contributed by atoms with Crippen molar-refractivity contribution in [2.45, 2.75) is 39.2 Å². The van der Waals surface area contributed by atoms with Gasteiger partial charge in [-0.1, -0.05) is 24.3 Å². The first-order valence-corrected chi connectivity index (χ1v) is 10.1. The standard InChI is InChI=1S/C23H25N3O2/c1-16-6-7-20(28-16)21-18(14-24-25-21)15-26-12-10-23(11-13-26)9-8-17-4-2-3-5-19(17)22(23)27/h2-7,14H,8-13,15H2,1H3,(H,24,25). The molecule has 0 unspecified atom stereocenters. The van der Waals surface area contributed by atoms with Crippen LogP contribution in [0.1, 0.15) is 46.5 Å². The van der Waals surface area contributed by atoms with Gasteiger partial charge in [-0.15, -0.1) is 0 Å². The predicted octanol–water partition coefficient (Wildman–Crippen LogP) is 4.39. The first-order valence-electron chi connectivity index (χ1n) is 10.1. The summed E-state index contributed by atoms with van der Waals surface area (Å²) in [7, 11) is 0. The maximum absolute atomic E-state index is 13.2. The highest BCUT2D eigenvalue weighted by Gasteiger charge is 2.44. The van der Waals surface area contributed by atoms with Crippen LogP contribution in [0, 0.1) is 12.3 Å². The Morgan fingerprint density at radius 3 is 2.75 bits per heavy atom. The lowest BCUT2D eigenvalue weighted by molar-refractivity contribution is 0.0529. The monoisotopic (exact) mass is 375 g/mol. The number of rotatable bonds is 3. The zero-order valence-corrected chi connectivity index (χ0v) is 16.2. The molecule has 0 amide bonds. The van der Waals surface area contributed by atoms with E-state index in [2.05, 4.69) is 21.2 Å². The number of Topliss-reactive ketones (excluding diaryl/α,β-unsaturated/α-hetero) is 1. The average molecular weight is 375 g/mol. The molecular formula is C23H25N3O2. The highest BCUT2D eigenvalue weighted by Crippen LogP contribution is 2.43. The summed E-state index contributed by atoms with van der Waals surface area (Å²) in [6.07, 6.45) is 5.77. The Kier molecular flexibility index (Phi) is 4.20. The van der Waals surface area contributed by atoms with Crippen LogP contribution in [0.4, 0.5) is 0 Å². The summed E-state index contributed by atoms with van der Waals surface area (Å²) in [6, 6.07) is 12.1. The van der Waals surface area contributed by atoms with Crippen molar-refractivity contribution in [1.82, 2.24) is 15.1 Å². The van der Waals surface area contributed by atoms with E-state index in [0.717, 1.165) is 73.7 Å². The number of hydrogen-bond donors (Lipinski definition) is 1. The van der Waals surface area contributed by atoms with Crippen LogP contribution in [0.5, 0.6) is 0 Å². The fraction of sp³-hybridized carbons (Fsp3) is 0.391. The molecule has 2 aromatic heterocycles. The van der Waals surface area contributed by atoms with Crippen molar-refractivity contribution in [1.29, 1.82) is 0 Å². The number of likely N-dealkylation sites (tertiary alicyclic amines) is 1. The maximum atomic E-state index is 13.2. The van der Waals surface area contributed by atoms with Crippen LogP contribution in [0.2, 0.25) is 0 Å². The second-order valence-electron chi connectivity index (χ2n) is 8.22. The summed E-state index contributed by atoms with van der Waals surface area (Å²) < 4.78 is 5.76. The second kappa shape index (κ2) is 6.74. The van der Waals surface area contributed by atoms with Gasteiger partial charge in [0, 0.05) is 23.1 Å². The van der Waals surface area contributed by atoms with Crippen molar-refractivity contribution in [3.8, 4) is 11.5 Å². The normalized spacial score (nSPS) is 19.1. The van der Waals surface area contributed by atoms with Crippen molar-refractivity contribution >= 4 is 5.78 Å². The van der Waals surface area contributed by atoms with E-state index in [-0.39, 0.29) is 5.41 Å². The minimum atomic E-state index is -0.164. The highest BCUT2D eigenvalue weighted by molar-refractivity contribution is 6.02. The first kappa shape index (κ1) is 17.4. The third-order valence-corrected chi connectivity index (χ3v) is 6.53. The van der Waals surface area contributed by atoms with E-state index >= 15 is 0 Å². The van der Waals surface area contributed by atoms with Gasteiger partial charge in [0.15, 0.2) is 11.5 Å². The van der Waals surface area contributed by atoms with Gasteiger partial charge in [-0.3, -0.25) is 14.8 Å². The first-order chi connectivity index (χ1) is 13.6. The van der Waals surface area contributed by atoms with Gasteiger partial charge in [-0.25, -0.2) is 0 Å². The number of carbonyl (C=O) groups is 1. The van der Waals surface area contributed by atoms with E-state index in [9.17, 15) is 4.79 Å². The molecule has 5 rings (SSSR count). The van der Waals surface area contributed by atoms with Crippen LogP contribution in [0.3, 0.4) is 0 Å². The molecule has 1 saturated heterocycles. The number of aromatic nitrogens is 2. The van der Waals surface area contributed by atoms with Crippen LogP contribution >= 0.6 is 0 Å². The molecule has 5 heteroatoms. The molecule has 1 fully saturated rings. The molecule has 3 heterocycles. The van der Waals surface area contributed by atoms with Crippen molar-refractivity contribution in [2.24, 2.45) is 5.41 Å². The molecule has 0 bridgehead atoms. The number of furan rings is 1. The summed E-state index contributed by atoms with van der Waals surface area (Å²) in [5.74, 6) is 2.09. The molecule has 28 heavy (non-hydrogen) atoms. The third kappa shape index (κ3) is 2.90. The quantitative estimate of drug-likeness (QED) is 0.737. The number of nitrogens with one attached hydrogen (secondary N) is 1. The zero-order valence-electron chi connectivity index (χ0n) is 16.2. The Balaban J connectivity index is 1.29. The molecule has 5 nitrogen and oxygen atoms in total. The van der Waals surface area contributed by atoms with Crippen LogP contribution in [0.25, 0.3) is 11.5 Å². The smallest absolute Gasteiger partial charge is 0.169 e. The minimum absolute atomic E-state index is 0.164. The largest absolute Gasteiger partial charge is 0.460 e. The van der Waals surface area contributed by atoms with Gasteiger partial charge in [-0.05, 0) is 63.4 Å². The fourth-order valence-electron chi connectivity index (χ4n) is 4.80. The van der Waals surface area contributed by atoms with Crippen molar-refractivity contribution < 1.29 is 9.21 Å². The number of hydrogen-bond acceptors (Lipinski definition) is 4. The van der Waals surface area contributed by atoms with E-state index in [1.54, 1.807) is 0 Å². The topological polar surface area (TPSA) is 62.1 Å². The third-order valence-electron chi connectivity index (χ3n) is 6.53. The summed E-state index contributed by atoms with van der Waals surface area (Å²) in [5.41, 5.74) is 4.11. The van der Waals surface area contributed by atoms with E-state index in [1.807, 2.05) is 43.5 Å². The van der Waals surface area contributed by atoms with Gasteiger partial charge in [-0.2, -0.15) is 5.10 Å². The van der Waals surface area contributed by atoms with Crippen LogP contribution in [-0.4, -0.2) is 34.0 Å². The molecule has 3 aromatic rings. The molecule has 0 radical (unpaired) electrons. The number of aromatic amines is 1. The molecule has 1 aliphatic heterocycles. The molecule has 144 valence electrons. The fourth-order valence-corrected chi connectivity index (χ4v) is 4.80. The van der Waals surface area contributed by atoms with E-state index < -0.39 is 0 Å². The number of piperidine rings is 1. The van der Waals surface area contributed by atoms with Crippen LogP contribution in [-0.2, 0) is 13.0 Å². The maximum Gasteiger partial charge on any atom is 0.169 e. The van der Waals surface area contributed by atoms with Crippen molar-refractivity contribution in [2.75, 3.05) is 13.1 Å². The highest BCUT2D eigenvalue weighted by atomic mass is 16.3. The van der Waals surface area contributed by atoms with Gasteiger partial charge in [0.2, 0.25) is 0 Å². The van der Waals surface area contributed by atoms with Gasteiger partial charge < -0.3 is 4.42 Å². The lowest BCUT2D eigenvalue weighted by Crippen LogP contribution is -2.46. The number of fused-ring (bicyclic) bond motifs is 1. The van der Waals surface area contributed by atoms with E-state index in [1.165, 1.54) is 5.56 Å². The molecule has 0 atom stereocenters. The van der Waals surface area contributed by atoms with Crippen LogP contribution < -0.4 is 0 Å². The summed E-state index contributed by atoms with van der Waals surface area (Å²) in [4.78, 5) is 15.6. The van der Waals surface area contributed by atoms with Gasteiger partial charge >= 0.3 is 0 Å². The summed E-state index contributed by atoms with van der Waals surface area (Å²) in [6.45, 7) is 4.65. The Morgan fingerprint density at radius 2 is 1.96 bits per heavy atom. The molecule has 1 aliphatic carbocycles. The SMILES string of the molecule is Cc1ccc(-c2[nH]ncc2CN2CCC3(CCc4ccccc4C3=O)CC2)o1. The Morgan fingerprint density at radius 1 is 1.14 bits per heavy atom. The molecule has 1 spiro atoms. The number of aryl methyl sites for hydroxylation is 2. The average Bonchev–Trinajstić information content (AvgIpc) is 3.35. The number of H-pyrrole nitrogens is 1. The number of carbonyl (C=O) groups excluding carboxylic acids is 1. The molecule has 1 aromatic carbocycles. The van der Waals surface area contributed by atoms with Gasteiger partial charge in [0.1, 0.15) is 11.5 Å². The van der Waals surface area contributed by atoms with Crippen molar-refractivity contribution in [3.63, 3.8) is 0 Å². The second-order valence-corrected chi connectivity index (χ2v) is 8.22. The van der Waals surface area contributed by atoms with Crippen molar-refractivity contribution in [3.05, 3.63) is 65.0 Å². The number of ketones is 1. The van der Waals surface area contributed by atoms with Crippen LogP contribution in [0.15, 0.2) is 47.0 Å². The van der Waals surface area contributed by atoms with Gasteiger partial charge in [0.25, 0.3) is 0 Å². The minimum Gasteiger partial charge on any atom is -0.460 e. The van der Waals surface area contributed by atoms with E-state index in [4.69, 9.17) is 4.42 Å². The number of benzene rings is 1. The number of nitrogens with zero attached hydrogens (tertiary/aromatic N) is 2.